The molecule has 0 saturated carbocycles. The first-order valence-corrected chi connectivity index (χ1v) is 10.8. The summed E-state index contributed by atoms with van der Waals surface area (Å²) in [7, 11) is 4.22. The van der Waals surface area contributed by atoms with E-state index in [4.69, 9.17) is 4.98 Å². The molecule has 0 amide bonds. The van der Waals surface area contributed by atoms with Gasteiger partial charge in [0.1, 0.15) is 0 Å². The molecule has 110 valence electrons. The average molecular weight is 409 g/mol. The van der Waals surface area contributed by atoms with Crippen LogP contribution in [0.25, 0.3) is 20.8 Å². The molecular formula is C17H18IN2S-. The number of nitrogens with zero attached hydrogens (tertiary/aromatic N) is 2. The summed E-state index contributed by atoms with van der Waals surface area (Å²) < 4.78 is 2.75. The van der Waals surface area contributed by atoms with Gasteiger partial charge in [-0.05, 0) is 0 Å². The van der Waals surface area contributed by atoms with Crippen molar-refractivity contribution in [2.45, 2.75) is 6.92 Å². The first-order valence-electron chi connectivity index (χ1n) is 6.77. The topological polar surface area (TPSA) is 16.1 Å². The molecule has 1 heterocycles. The standard InChI is InChI=1S/C17H18IN2S/c1-11-5-7-14-16(9-11)21-17(19-14)12-6-8-15(20(3)4)13(10-12)18-2/h5-10H,1-4H3/q-1. The minimum absolute atomic E-state index is 0.0510. The number of hydrogen-bond donors (Lipinski definition) is 0. The number of anilines is 1. The Morgan fingerprint density at radius 2 is 1.90 bits per heavy atom. The van der Waals surface area contributed by atoms with Gasteiger partial charge in [-0.15, -0.1) is 0 Å². The Morgan fingerprint density at radius 3 is 2.62 bits per heavy atom. The fourth-order valence-corrected chi connectivity index (χ4v) is 5.23. The second kappa shape index (κ2) is 5.93. The molecule has 0 fully saturated rings. The molecule has 0 aliphatic rings. The number of thiazole rings is 1. The van der Waals surface area contributed by atoms with Crippen LogP contribution in [0.1, 0.15) is 5.56 Å². The maximum atomic E-state index is 4.79. The third kappa shape index (κ3) is 2.92. The fraction of sp³-hybridized carbons (Fsp3) is 0.235. The Labute approximate surface area is 140 Å². The normalized spacial score (nSPS) is 11.2. The summed E-state index contributed by atoms with van der Waals surface area (Å²) in [4.78, 5) is 9.30. The van der Waals surface area contributed by atoms with Gasteiger partial charge in [0.2, 0.25) is 0 Å². The van der Waals surface area contributed by atoms with E-state index in [2.05, 4.69) is 67.2 Å². The molecule has 0 aliphatic carbocycles. The molecule has 3 rings (SSSR count). The van der Waals surface area contributed by atoms with Gasteiger partial charge in [-0.25, -0.2) is 0 Å². The van der Waals surface area contributed by atoms with Crippen LogP contribution in [-0.4, -0.2) is 24.0 Å². The van der Waals surface area contributed by atoms with Gasteiger partial charge in [-0.3, -0.25) is 0 Å². The molecule has 0 unspecified atom stereocenters. The van der Waals surface area contributed by atoms with E-state index in [1.54, 1.807) is 11.3 Å². The Hall–Kier alpha value is -1.14. The van der Waals surface area contributed by atoms with Crippen LogP contribution in [0, 0.1) is 10.5 Å². The average Bonchev–Trinajstić information content (AvgIpc) is 2.89. The van der Waals surface area contributed by atoms with Crippen LogP contribution >= 0.6 is 11.3 Å². The summed E-state index contributed by atoms with van der Waals surface area (Å²) in [6.07, 6.45) is 0. The van der Waals surface area contributed by atoms with Crippen molar-refractivity contribution in [3.05, 3.63) is 45.5 Å². The summed E-state index contributed by atoms with van der Waals surface area (Å²) in [6.45, 7) is 2.13. The Morgan fingerprint density at radius 1 is 1.10 bits per heavy atom. The Kier molecular flexibility index (Phi) is 4.17. The molecule has 4 heteroatoms. The number of halogens is 1. The van der Waals surface area contributed by atoms with Crippen molar-refractivity contribution in [1.29, 1.82) is 0 Å². The fourth-order valence-electron chi connectivity index (χ4n) is 2.31. The Balaban J connectivity index is 2.09. The van der Waals surface area contributed by atoms with E-state index in [9.17, 15) is 0 Å². The number of hydrogen-bond acceptors (Lipinski definition) is 3. The molecule has 1 aromatic heterocycles. The van der Waals surface area contributed by atoms with E-state index in [1.807, 2.05) is 0 Å². The molecule has 2 aromatic carbocycles. The van der Waals surface area contributed by atoms with Crippen molar-refractivity contribution in [3.63, 3.8) is 0 Å². The molecule has 21 heavy (non-hydrogen) atoms. The zero-order chi connectivity index (χ0) is 15.0. The quantitative estimate of drug-likeness (QED) is 0.478. The monoisotopic (exact) mass is 409 g/mol. The van der Waals surface area contributed by atoms with Crippen molar-refractivity contribution in [2.75, 3.05) is 23.9 Å². The van der Waals surface area contributed by atoms with Crippen LogP contribution in [0.3, 0.4) is 0 Å². The SMILES string of the molecule is C[I-]c1cc(-c2nc3ccc(C)cc3s2)ccc1N(C)C. The predicted octanol–water partition coefficient (Wildman–Crippen LogP) is 1.23. The van der Waals surface area contributed by atoms with Crippen molar-refractivity contribution in [1.82, 2.24) is 4.98 Å². The van der Waals surface area contributed by atoms with E-state index >= 15 is 0 Å². The summed E-state index contributed by atoms with van der Waals surface area (Å²) in [6, 6.07) is 13.2. The first kappa shape index (κ1) is 14.8. The second-order valence-corrected chi connectivity index (χ2v) is 8.51. The van der Waals surface area contributed by atoms with Crippen LogP contribution in [0.4, 0.5) is 5.69 Å². The molecule has 0 radical (unpaired) electrons. The molecular weight excluding hydrogens is 391 g/mol. The maximum absolute atomic E-state index is 4.79. The van der Waals surface area contributed by atoms with Crippen molar-refractivity contribution >= 4 is 27.2 Å². The number of fused-ring (bicyclic) bond motifs is 1. The van der Waals surface area contributed by atoms with E-state index in [0.29, 0.717) is 0 Å². The van der Waals surface area contributed by atoms with Crippen LogP contribution in [0.15, 0.2) is 36.4 Å². The summed E-state index contributed by atoms with van der Waals surface area (Å²) in [5.41, 5.74) is 4.98. The number of benzene rings is 2. The molecule has 0 N–H and O–H groups in total. The van der Waals surface area contributed by atoms with Crippen molar-refractivity contribution < 1.29 is 21.2 Å². The number of rotatable bonds is 3. The zero-order valence-corrected chi connectivity index (χ0v) is 15.6. The Bertz CT molecular complexity index is 793. The van der Waals surface area contributed by atoms with Crippen LogP contribution in [0.5, 0.6) is 0 Å². The van der Waals surface area contributed by atoms with Gasteiger partial charge in [0.25, 0.3) is 0 Å². The molecule has 0 spiro atoms. The molecule has 2 nitrogen and oxygen atoms in total. The van der Waals surface area contributed by atoms with Crippen LogP contribution in [-0.2, 0) is 0 Å². The van der Waals surface area contributed by atoms with Crippen LogP contribution < -0.4 is 26.1 Å². The summed E-state index contributed by atoms with van der Waals surface area (Å²) in [5, 5.41) is 1.12. The second-order valence-electron chi connectivity index (χ2n) is 5.24. The van der Waals surface area contributed by atoms with Gasteiger partial charge in [0.05, 0.1) is 0 Å². The summed E-state index contributed by atoms with van der Waals surface area (Å²) in [5.74, 6) is 0. The number of aryl methyl sites for hydroxylation is 1. The molecule has 0 aliphatic heterocycles. The number of alkyl halides is 1. The first-order chi connectivity index (χ1) is 10.1. The van der Waals surface area contributed by atoms with E-state index < -0.39 is 0 Å². The van der Waals surface area contributed by atoms with E-state index in [-0.39, 0.29) is 21.2 Å². The molecule has 0 atom stereocenters. The van der Waals surface area contributed by atoms with E-state index in [0.717, 1.165) is 10.5 Å². The third-order valence-corrected chi connectivity index (χ3v) is 6.52. The van der Waals surface area contributed by atoms with Gasteiger partial charge < -0.3 is 0 Å². The van der Waals surface area contributed by atoms with Gasteiger partial charge in [-0.2, -0.15) is 0 Å². The molecule has 3 aromatic rings. The van der Waals surface area contributed by atoms with Gasteiger partial charge in [0.15, 0.2) is 0 Å². The molecule has 0 bridgehead atoms. The predicted molar refractivity (Wildman–Crippen MR) is 88.7 cm³/mol. The van der Waals surface area contributed by atoms with Gasteiger partial charge >= 0.3 is 140 Å². The van der Waals surface area contributed by atoms with Crippen molar-refractivity contribution in [2.24, 2.45) is 0 Å². The van der Waals surface area contributed by atoms with Gasteiger partial charge in [0, 0.05) is 0 Å². The minimum atomic E-state index is 0.0510. The zero-order valence-electron chi connectivity index (χ0n) is 12.6. The number of aromatic nitrogens is 1. The van der Waals surface area contributed by atoms with E-state index in [1.165, 1.54) is 25.1 Å². The van der Waals surface area contributed by atoms with Crippen molar-refractivity contribution in [3.8, 4) is 10.6 Å². The summed E-state index contributed by atoms with van der Waals surface area (Å²) >= 11 is 1.84. The molecule has 0 saturated heterocycles. The van der Waals surface area contributed by atoms with Crippen LogP contribution in [0.2, 0.25) is 0 Å². The third-order valence-electron chi connectivity index (χ3n) is 3.42. The van der Waals surface area contributed by atoms with Gasteiger partial charge in [-0.1, -0.05) is 0 Å².